The molecule has 0 radical (unpaired) electrons. The molecule has 5 aliphatic rings. The smallest absolute Gasteiger partial charge is 0.333 e. The van der Waals surface area contributed by atoms with Gasteiger partial charge in [0.15, 0.2) is 0 Å². The van der Waals surface area contributed by atoms with Crippen molar-refractivity contribution >= 4 is 11.9 Å². The minimum Gasteiger partial charge on any atom is -0.458 e. The van der Waals surface area contributed by atoms with Crippen molar-refractivity contribution in [2.45, 2.75) is 84.0 Å². The molecule has 3 aliphatic carbocycles. The van der Waals surface area contributed by atoms with Gasteiger partial charge in [0, 0.05) is 29.9 Å². The number of rotatable bonds is 2. The average molecular weight is 479 g/mol. The lowest BCUT2D eigenvalue weighted by atomic mass is 9.61. The molecular weight excluding hydrogens is 440 g/mol. The van der Waals surface area contributed by atoms with Crippen LogP contribution in [0.3, 0.4) is 0 Å². The number of carbonyl (C=O) groups is 2. The number of ether oxygens (including phenoxy) is 2. The molecule has 7 unspecified atom stereocenters. The third-order valence-corrected chi connectivity index (χ3v) is 9.74. The van der Waals surface area contributed by atoms with Crippen molar-refractivity contribution in [2.24, 2.45) is 29.1 Å². The van der Waals surface area contributed by atoms with Crippen molar-refractivity contribution in [2.75, 3.05) is 0 Å². The molecule has 0 bridgehead atoms. The van der Waals surface area contributed by atoms with Gasteiger partial charge in [0.1, 0.15) is 11.7 Å². The Morgan fingerprint density at radius 2 is 1.86 bits per heavy atom. The van der Waals surface area contributed by atoms with Crippen molar-refractivity contribution < 1.29 is 24.2 Å². The molecule has 5 rings (SSSR count). The molecule has 0 aromatic carbocycles. The van der Waals surface area contributed by atoms with Gasteiger partial charge in [-0.3, -0.25) is 0 Å². The quantitative estimate of drug-likeness (QED) is 0.540. The van der Waals surface area contributed by atoms with Crippen LogP contribution in [-0.2, 0) is 19.1 Å². The Morgan fingerprint density at radius 1 is 1.11 bits per heavy atom. The second-order valence-electron chi connectivity index (χ2n) is 12.2. The molecule has 1 saturated carbocycles. The molecule has 0 saturated heterocycles. The van der Waals surface area contributed by atoms with Crippen LogP contribution in [0.2, 0.25) is 0 Å². The summed E-state index contributed by atoms with van der Waals surface area (Å²) in [5, 5.41) is 12.1. The monoisotopic (exact) mass is 478 g/mol. The number of cyclic esters (lactones) is 2. The normalized spacial score (nSPS) is 41.1. The first kappa shape index (κ1) is 24.3. The van der Waals surface area contributed by atoms with Crippen molar-refractivity contribution in [1.82, 2.24) is 0 Å². The van der Waals surface area contributed by atoms with E-state index >= 15 is 0 Å². The standard InChI is InChI=1S/C30H38O5/c1-17-7-10-24(34-27(17)32)19(3)21-13-14-29(6)23(18(21)2)16-30(33)15-20-8-12-26(31)35-28(4,5)22(20)9-11-25(29)30/h7-8,12-13,15,19,22-25,33H,2,9-11,14,16H2,1,3-6H3. The molecule has 2 heterocycles. The highest BCUT2D eigenvalue weighted by atomic mass is 16.6. The molecule has 188 valence electrons. The fraction of sp³-hybridized carbons (Fsp3) is 0.600. The van der Waals surface area contributed by atoms with E-state index in [9.17, 15) is 14.7 Å². The van der Waals surface area contributed by atoms with Crippen molar-refractivity contribution in [3.05, 3.63) is 59.3 Å². The van der Waals surface area contributed by atoms with Crippen molar-refractivity contribution in [1.29, 1.82) is 0 Å². The largest absolute Gasteiger partial charge is 0.458 e. The second-order valence-corrected chi connectivity index (χ2v) is 12.2. The zero-order chi connectivity index (χ0) is 25.3. The molecule has 1 N–H and O–H groups in total. The Morgan fingerprint density at radius 3 is 2.57 bits per heavy atom. The van der Waals surface area contributed by atoms with Crippen molar-refractivity contribution in [3.63, 3.8) is 0 Å². The summed E-state index contributed by atoms with van der Waals surface area (Å²) in [5.74, 6) is -0.230. The van der Waals surface area contributed by atoms with Crippen LogP contribution >= 0.6 is 0 Å². The molecule has 5 nitrogen and oxygen atoms in total. The van der Waals surface area contributed by atoms with E-state index in [1.165, 1.54) is 11.6 Å². The molecular formula is C30H38O5. The van der Waals surface area contributed by atoms with Gasteiger partial charge < -0.3 is 14.6 Å². The van der Waals surface area contributed by atoms with E-state index < -0.39 is 11.2 Å². The maximum atomic E-state index is 12.2. The summed E-state index contributed by atoms with van der Waals surface area (Å²) in [6.07, 6.45) is 13.3. The number of allylic oxidation sites excluding steroid dienone is 3. The van der Waals surface area contributed by atoms with Gasteiger partial charge in [-0.05, 0) is 86.5 Å². The molecule has 35 heavy (non-hydrogen) atoms. The number of hydrogen-bond donors (Lipinski definition) is 1. The van der Waals surface area contributed by atoms with Gasteiger partial charge in [-0.2, -0.15) is 0 Å². The lowest BCUT2D eigenvalue weighted by molar-refractivity contribution is -0.153. The first-order valence-electron chi connectivity index (χ1n) is 13.0. The molecule has 7 atom stereocenters. The van der Waals surface area contributed by atoms with Gasteiger partial charge in [-0.25, -0.2) is 9.59 Å². The van der Waals surface area contributed by atoms with Crippen LogP contribution in [0, 0.1) is 29.1 Å². The number of hydrogen-bond acceptors (Lipinski definition) is 5. The third kappa shape index (κ3) is 3.78. The Bertz CT molecular complexity index is 1100. The number of esters is 2. The molecule has 1 fully saturated rings. The van der Waals surface area contributed by atoms with Crippen LogP contribution in [0.15, 0.2) is 59.3 Å². The van der Waals surface area contributed by atoms with Gasteiger partial charge in [-0.15, -0.1) is 0 Å². The zero-order valence-corrected chi connectivity index (χ0v) is 21.6. The van der Waals surface area contributed by atoms with E-state index in [4.69, 9.17) is 9.47 Å². The topological polar surface area (TPSA) is 72.8 Å². The predicted molar refractivity (Wildman–Crippen MR) is 134 cm³/mol. The van der Waals surface area contributed by atoms with Gasteiger partial charge >= 0.3 is 11.9 Å². The zero-order valence-electron chi connectivity index (χ0n) is 21.6. The van der Waals surface area contributed by atoms with E-state index in [0.29, 0.717) is 18.4 Å². The molecule has 0 aromatic heterocycles. The summed E-state index contributed by atoms with van der Waals surface area (Å²) in [7, 11) is 0. The maximum absolute atomic E-state index is 12.2. The lowest BCUT2D eigenvalue weighted by Gasteiger charge is -2.44. The molecule has 2 aliphatic heterocycles. The van der Waals surface area contributed by atoms with Crippen LogP contribution < -0.4 is 0 Å². The first-order chi connectivity index (χ1) is 16.4. The van der Waals surface area contributed by atoms with Gasteiger partial charge in [0.2, 0.25) is 0 Å². The van der Waals surface area contributed by atoms with E-state index in [0.717, 1.165) is 30.4 Å². The number of fused-ring (bicyclic) bond motifs is 4. The minimum absolute atomic E-state index is 0.0527. The molecule has 0 aromatic rings. The summed E-state index contributed by atoms with van der Waals surface area (Å²) < 4.78 is 11.5. The summed E-state index contributed by atoms with van der Waals surface area (Å²) in [6, 6.07) is 0. The van der Waals surface area contributed by atoms with Gasteiger partial charge in [0.05, 0.1) is 5.60 Å². The van der Waals surface area contributed by atoms with Crippen LogP contribution in [-0.4, -0.2) is 34.4 Å². The maximum Gasteiger partial charge on any atom is 0.333 e. The summed E-state index contributed by atoms with van der Waals surface area (Å²) in [5.41, 5.74) is 2.20. The van der Waals surface area contributed by atoms with Crippen LogP contribution in [0.4, 0.5) is 0 Å². The lowest BCUT2D eigenvalue weighted by Crippen LogP contribution is -2.40. The summed E-state index contributed by atoms with van der Waals surface area (Å²) in [4.78, 5) is 24.3. The Balaban J connectivity index is 1.45. The summed E-state index contributed by atoms with van der Waals surface area (Å²) in [6.45, 7) is 14.7. The van der Waals surface area contributed by atoms with E-state index in [1.54, 1.807) is 6.92 Å². The SMILES string of the molecule is C=C1C(C(C)C2CC=C(C)C(=O)O2)=CCC2(C)C1CC1(O)C=C3C=CC(=O)OC(C)(C)C3CCC12. The Hall–Kier alpha value is -2.40. The Labute approximate surface area is 208 Å². The average Bonchev–Trinajstić information content (AvgIpc) is 2.86. The van der Waals surface area contributed by atoms with Crippen molar-refractivity contribution in [3.8, 4) is 0 Å². The summed E-state index contributed by atoms with van der Waals surface area (Å²) >= 11 is 0. The number of carbonyl (C=O) groups excluding carboxylic acids is 2. The molecule has 5 heteroatoms. The predicted octanol–water partition coefficient (Wildman–Crippen LogP) is 5.37. The van der Waals surface area contributed by atoms with Crippen LogP contribution in [0.5, 0.6) is 0 Å². The van der Waals surface area contributed by atoms with E-state index in [2.05, 4.69) is 26.5 Å². The highest BCUT2D eigenvalue weighted by molar-refractivity contribution is 5.88. The fourth-order valence-corrected chi connectivity index (χ4v) is 7.69. The minimum atomic E-state index is -0.968. The molecule has 0 spiro atoms. The second kappa shape index (κ2) is 8.06. The van der Waals surface area contributed by atoms with E-state index in [-0.39, 0.29) is 47.1 Å². The van der Waals surface area contributed by atoms with Gasteiger partial charge in [0.25, 0.3) is 0 Å². The molecule has 0 amide bonds. The van der Waals surface area contributed by atoms with Crippen LogP contribution in [0.1, 0.15) is 66.7 Å². The van der Waals surface area contributed by atoms with E-state index in [1.807, 2.05) is 32.1 Å². The van der Waals surface area contributed by atoms with Crippen LogP contribution in [0.25, 0.3) is 0 Å². The third-order valence-electron chi connectivity index (χ3n) is 9.74. The number of aliphatic hydroxyl groups is 1. The van der Waals surface area contributed by atoms with Gasteiger partial charge in [-0.1, -0.05) is 38.7 Å². The first-order valence-corrected chi connectivity index (χ1v) is 13.0. The Kier molecular flexibility index (Phi) is 5.59. The highest BCUT2D eigenvalue weighted by Gasteiger charge is 2.61. The fourth-order valence-electron chi connectivity index (χ4n) is 7.69. The highest BCUT2D eigenvalue weighted by Crippen LogP contribution is 2.64.